The second kappa shape index (κ2) is 6.07. The van der Waals surface area contributed by atoms with Gasteiger partial charge in [0.05, 0.1) is 4.92 Å². The first kappa shape index (κ1) is 17.3. The summed E-state index contributed by atoms with van der Waals surface area (Å²) in [5, 5.41) is 18.6. The Morgan fingerprint density at radius 3 is 2.52 bits per heavy atom. The summed E-state index contributed by atoms with van der Waals surface area (Å²) in [6.07, 6.45) is 7.65. The Kier molecular flexibility index (Phi) is 4.19. The molecule has 0 saturated carbocycles. The molecular formula is C16H23N7O2. The van der Waals surface area contributed by atoms with Crippen LogP contribution in [0.3, 0.4) is 0 Å². The zero-order valence-corrected chi connectivity index (χ0v) is 14.9. The van der Waals surface area contributed by atoms with Gasteiger partial charge < -0.3 is 10.6 Å². The highest BCUT2D eigenvalue weighted by molar-refractivity contribution is 5.64. The summed E-state index contributed by atoms with van der Waals surface area (Å²) in [6.45, 7) is 8.53. The zero-order chi connectivity index (χ0) is 18.2. The van der Waals surface area contributed by atoms with E-state index in [0.29, 0.717) is 0 Å². The van der Waals surface area contributed by atoms with E-state index in [1.807, 2.05) is 0 Å². The minimum atomic E-state index is -0.449. The first-order chi connectivity index (χ1) is 11.7. The van der Waals surface area contributed by atoms with E-state index < -0.39 is 4.92 Å². The van der Waals surface area contributed by atoms with Crippen molar-refractivity contribution in [2.75, 3.05) is 5.32 Å². The van der Waals surface area contributed by atoms with Crippen LogP contribution in [0, 0.1) is 10.1 Å². The fourth-order valence-corrected chi connectivity index (χ4v) is 3.83. The molecule has 25 heavy (non-hydrogen) atoms. The molecular weight excluding hydrogens is 322 g/mol. The molecule has 1 fully saturated rings. The quantitative estimate of drug-likeness (QED) is 0.646. The van der Waals surface area contributed by atoms with E-state index in [-0.39, 0.29) is 34.4 Å². The van der Waals surface area contributed by atoms with Crippen LogP contribution in [0.5, 0.6) is 0 Å². The molecule has 0 spiro atoms. The lowest BCUT2D eigenvalue weighted by molar-refractivity contribution is -0.384. The minimum absolute atomic E-state index is 0.0653. The van der Waals surface area contributed by atoms with Gasteiger partial charge in [0.25, 0.3) is 0 Å². The van der Waals surface area contributed by atoms with E-state index in [1.165, 1.54) is 17.2 Å². The molecule has 1 saturated heterocycles. The highest BCUT2D eigenvalue weighted by atomic mass is 16.6. The highest BCUT2D eigenvalue weighted by Gasteiger charge is 2.38. The summed E-state index contributed by atoms with van der Waals surface area (Å²) >= 11 is 0. The van der Waals surface area contributed by atoms with Gasteiger partial charge in [0.2, 0.25) is 11.6 Å². The fourth-order valence-electron chi connectivity index (χ4n) is 3.83. The van der Waals surface area contributed by atoms with E-state index in [9.17, 15) is 10.1 Å². The average Bonchev–Trinajstić information content (AvgIpc) is 2.97. The van der Waals surface area contributed by atoms with E-state index in [1.54, 1.807) is 12.4 Å². The van der Waals surface area contributed by atoms with E-state index in [2.05, 4.69) is 53.3 Å². The summed E-state index contributed by atoms with van der Waals surface area (Å²) in [4.78, 5) is 23.4. The second-order valence-electron chi connectivity index (χ2n) is 7.76. The third-order valence-corrected chi connectivity index (χ3v) is 4.27. The molecule has 3 rings (SSSR count). The van der Waals surface area contributed by atoms with Crippen LogP contribution in [0.25, 0.3) is 5.82 Å². The Hall–Kier alpha value is -2.55. The predicted molar refractivity (Wildman–Crippen MR) is 93.7 cm³/mol. The Bertz CT molecular complexity index is 755. The second-order valence-corrected chi connectivity index (χ2v) is 7.76. The molecule has 2 N–H and O–H groups in total. The Balaban J connectivity index is 1.95. The van der Waals surface area contributed by atoms with Crippen molar-refractivity contribution in [3.8, 4) is 5.82 Å². The van der Waals surface area contributed by atoms with Crippen LogP contribution in [0.4, 0.5) is 11.5 Å². The number of piperidine rings is 1. The molecule has 0 aromatic carbocycles. The lowest BCUT2D eigenvalue weighted by atomic mass is 9.79. The van der Waals surface area contributed by atoms with Crippen LogP contribution in [-0.2, 0) is 0 Å². The van der Waals surface area contributed by atoms with Gasteiger partial charge in [0.1, 0.15) is 12.7 Å². The lowest BCUT2D eigenvalue weighted by Crippen LogP contribution is -2.60. The lowest BCUT2D eigenvalue weighted by Gasteiger charge is -2.46. The smallest absolute Gasteiger partial charge is 0.354 e. The van der Waals surface area contributed by atoms with Crippen molar-refractivity contribution in [1.82, 2.24) is 24.8 Å². The number of rotatable bonds is 4. The van der Waals surface area contributed by atoms with Crippen LogP contribution in [0.15, 0.2) is 25.0 Å². The summed E-state index contributed by atoms with van der Waals surface area (Å²) in [6, 6.07) is 0.0653. The van der Waals surface area contributed by atoms with Crippen molar-refractivity contribution in [3.63, 3.8) is 0 Å². The molecule has 0 unspecified atom stereocenters. The molecule has 0 amide bonds. The molecule has 0 aliphatic carbocycles. The van der Waals surface area contributed by atoms with E-state index in [4.69, 9.17) is 0 Å². The Morgan fingerprint density at radius 2 is 1.96 bits per heavy atom. The molecule has 2 aromatic rings. The zero-order valence-electron chi connectivity index (χ0n) is 14.9. The summed E-state index contributed by atoms with van der Waals surface area (Å²) in [7, 11) is 0. The number of nitrogens with one attached hydrogen (secondary N) is 2. The molecule has 0 radical (unpaired) electrons. The monoisotopic (exact) mass is 345 g/mol. The molecule has 0 bridgehead atoms. The first-order valence-corrected chi connectivity index (χ1v) is 8.20. The number of aromatic nitrogens is 4. The van der Waals surface area contributed by atoms with Gasteiger partial charge in [0.15, 0.2) is 0 Å². The SMILES string of the molecule is CC1(C)CC(Nc2ncnc(-n3ccnc3)c2[N+](=O)[O-])CC(C)(C)N1. The van der Waals surface area contributed by atoms with Crippen molar-refractivity contribution in [2.45, 2.75) is 57.7 Å². The van der Waals surface area contributed by atoms with Gasteiger partial charge in [-0.2, -0.15) is 0 Å². The van der Waals surface area contributed by atoms with Crippen molar-refractivity contribution >= 4 is 11.5 Å². The Morgan fingerprint density at radius 1 is 1.28 bits per heavy atom. The van der Waals surface area contributed by atoms with Gasteiger partial charge in [-0.15, -0.1) is 0 Å². The molecule has 0 atom stereocenters. The third kappa shape index (κ3) is 3.76. The van der Waals surface area contributed by atoms with Gasteiger partial charge in [-0.25, -0.2) is 15.0 Å². The van der Waals surface area contributed by atoms with Gasteiger partial charge in [-0.3, -0.25) is 14.7 Å². The molecule has 2 aromatic heterocycles. The molecule has 1 aliphatic heterocycles. The molecule has 134 valence electrons. The van der Waals surface area contributed by atoms with Gasteiger partial charge in [0, 0.05) is 29.5 Å². The summed E-state index contributed by atoms with van der Waals surface area (Å²) < 4.78 is 1.52. The van der Waals surface area contributed by atoms with Crippen molar-refractivity contribution in [3.05, 3.63) is 35.2 Å². The number of imidazole rings is 1. The number of hydrogen-bond donors (Lipinski definition) is 2. The number of hydrogen-bond acceptors (Lipinski definition) is 7. The van der Waals surface area contributed by atoms with Crippen LogP contribution < -0.4 is 10.6 Å². The molecule has 9 nitrogen and oxygen atoms in total. The molecule has 3 heterocycles. The first-order valence-electron chi connectivity index (χ1n) is 8.20. The number of nitro groups is 1. The van der Waals surface area contributed by atoms with Crippen LogP contribution >= 0.6 is 0 Å². The third-order valence-electron chi connectivity index (χ3n) is 4.27. The van der Waals surface area contributed by atoms with Crippen molar-refractivity contribution < 1.29 is 4.92 Å². The number of anilines is 1. The van der Waals surface area contributed by atoms with Gasteiger partial charge in [-0.05, 0) is 40.5 Å². The Labute approximate surface area is 146 Å². The van der Waals surface area contributed by atoms with Crippen LogP contribution in [0.2, 0.25) is 0 Å². The maximum absolute atomic E-state index is 11.7. The van der Waals surface area contributed by atoms with Crippen molar-refractivity contribution in [2.24, 2.45) is 0 Å². The molecule has 1 aliphatic rings. The largest absolute Gasteiger partial charge is 0.361 e. The average molecular weight is 345 g/mol. The van der Waals surface area contributed by atoms with Crippen molar-refractivity contribution in [1.29, 1.82) is 0 Å². The molecule has 9 heteroatoms. The maximum Gasteiger partial charge on any atom is 0.354 e. The van der Waals surface area contributed by atoms with E-state index >= 15 is 0 Å². The standard InChI is InChI=1S/C16H23N7O2/c1-15(2)7-11(8-16(3,4)21-15)20-13-12(23(24)25)14(19-9-18-13)22-6-5-17-10-22/h5-6,9-11,21H,7-8H2,1-4H3,(H,18,19,20). The maximum atomic E-state index is 11.7. The van der Waals surface area contributed by atoms with Crippen LogP contribution in [-0.4, -0.2) is 41.6 Å². The summed E-state index contributed by atoms with van der Waals surface area (Å²) in [5.41, 5.74) is -0.294. The highest BCUT2D eigenvalue weighted by Crippen LogP contribution is 2.33. The number of nitrogens with zero attached hydrogens (tertiary/aromatic N) is 5. The van der Waals surface area contributed by atoms with Gasteiger partial charge in [-0.1, -0.05) is 0 Å². The summed E-state index contributed by atoms with van der Waals surface area (Å²) in [5.74, 6) is 0.439. The minimum Gasteiger partial charge on any atom is -0.361 e. The van der Waals surface area contributed by atoms with Crippen LogP contribution in [0.1, 0.15) is 40.5 Å². The fraction of sp³-hybridized carbons (Fsp3) is 0.562. The normalized spacial score (nSPS) is 19.5. The topological polar surface area (TPSA) is 111 Å². The predicted octanol–water partition coefficient (Wildman–Crippen LogP) is 2.29. The van der Waals surface area contributed by atoms with E-state index in [0.717, 1.165) is 12.8 Å². The van der Waals surface area contributed by atoms with Gasteiger partial charge >= 0.3 is 5.69 Å².